The van der Waals surface area contributed by atoms with Crippen molar-refractivity contribution >= 4 is 45.9 Å². The van der Waals surface area contributed by atoms with E-state index in [2.05, 4.69) is 15.6 Å². The minimum atomic E-state index is -0.241. The van der Waals surface area contributed by atoms with Crippen molar-refractivity contribution in [1.29, 1.82) is 0 Å². The van der Waals surface area contributed by atoms with Crippen molar-refractivity contribution in [2.45, 2.75) is 18.6 Å². The van der Waals surface area contributed by atoms with E-state index in [0.29, 0.717) is 33.2 Å². The van der Waals surface area contributed by atoms with Crippen LogP contribution in [0.5, 0.6) is 0 Å². The Morgan fingerprint density at radius 3 is 2.41 bits per heavy atom. The van der Waals surface area contributed by atoms with Gasteiger partial charge in [-0.1, -0.05) is 23.9 Å². The Balaban J connectivity index is 1.51. The fourth-order valence-electron chi connectivity index (χ4n) is 3.12. The second-order valence-electron chi connectivity index (χ2n) is 6.98. The molecule has 0 unspecified atom stereocenters. The Morgan fingerprint density at radius 2 is 1.72 bits per heavy atom. The molecule has 0 aliphatic heterocycles. The summed E-state index contributed by atoms with van der Waals surface area (Å²) in [5, 5.41) is 6.41. The third kappa shape index (κ3) is 5.06. The summed E-state index contributed by atoms with van der Waals surface area (Å²) in [4.78, 5) is 41.3. The van der Waals surface area contributed by atoms with E-state index in [0.717, 1.165) is 0 Å². The molecule has 2 aromatic heterocycles. The number of nitrogens with zero attached hydrogens (tertiary/aromatic N) is 2. The molecule has 0 saturated heterocycles. The monoisotopic (exact) mass is 448 g/mol. The van der Waals surface area contributed by atoms with Crippen LogP contribution < -0.4 is 16.2 Å². The number of carbonyl (C=O) groups excluding carboxylic acids is 2. The van der Waals surface area contributed by atoms with Gasteiger partial charge >= 0.3 is 0 Å². The van der Waals surface area contributed by atoms with Crippen LogP contribution in [0.3, 0.4) is 0 Å². The van der Waals surface area contributed by atoms with Gasteiger partial charge in [-0.15, -0.1) is 0 Å². The summed E-state index contributed by atoms with van der Waals surface area (Å²) in [7, 11) is 0. The molecule has 0 saturated carbocycles. The third-order valence-corrected chi connectivity index (χ3v) is 5.52. The van der Waals surface area contributed by atoms with Crippen molar-refractivity contribution in [3.63, 3.8) is 0 Å². The van der Waals surface area contributed by atoms with E-state index in [1.165, 1.54) is 23.3 Å². The molecule has 8 nitrogen and oxygen atoms in total. The first-order chi connectivity index (χ1) is 15.5. The van der Waals surface area contributed by atoms with Crippen LogP contribution in [0.1, 0.15) is 12.7 Å². The van der Waals surface area contributed by atoms with Gasteiger partial charge in [0, 0.05) is 18.3 Å². The topological polar surface area (TPSA) is 106 Å². The SMILES string of the molecule is CC(=O)Nc1ccc(NC(=O)CSc2nc3ccccc3c(=O)n2Cc2ccco2)cc1. The average molecular weight is 449 g/mol. The lowest BCUT2D eigenvalue weighted by Crippen LogP contribution is -2.24. The summed E-state index contributed by atoms with van der Waals surface area (Å²) in [6.45, 7) is 1.65. The van der Waals surface area contributed by atoms with E-state index in [4.69, 9.17) is 4.42 Å². The van der Waals surface area contributed by atoms with Crippen molar-refractivity contribution in [1.82, 2.24) is 9.55 Å². The summed E-state index contributed by atoms with van der Waals surface area (Å²) in [6.07, 6.45) is 1.55. The first kappa shape index (κ1) is 21.4. The van der Waals surface area contributed by atoms with Gasteiger partial charge in [0.15, 0.2) is 5.16 Å². The first-order valence-electron chi connectivity index (χ1n) is 9.82. The Labute approximate surface area is 187 Å². The lowest BCUT2D eigenvalue weighted by atomic mass is 10.2. The molecule has 0 aliphatic carbocycles. The van der Waals surface area contributed by atoms with Crippen molar-refractivity contribution in [3.05, 3.63) is 83.0 Å². The molecule has 2 amide bonds. The van der Waals surface area contributed by atoms with Crippen LogP contribution in [0, 0.1) is 0 Å². The largest absolute Gasteiger partial charge is 0.467 e. The standard InChI is InChI=1S/C23H20N4O4S/c1-15(28)24-16-8-10-17(11-9-16)25-21(29)14-32-23-26-20-7-3-2-6-19(20)22(30)27(23)13-18-5-4-12-31-18/h2-12H,13-14H2,1H3,(H,24,28)(H,25,29). The summed E-state index contributed by atoms with van der Waals surface area (Å²) < 4.78 is 6.91. The summed E-state index contributed by atoms with van der Waals surface area (Å²) in [5.74, 6) is 0.279. The lowest BCUT2D eigenvalue weighted by molar-refractivity contribution is -0.114. The van der Waals surface area contributed by atoms with Gasteiger partial charge in [-0.2, -0.15) is 0 Å². The number of hydrogen-bond donors (Lipinski definition) is 2. The van der Waals surface area contributed by atoms with E-state index < -0.39 is 0 Å². The van der Waals surface area contributed by atoms with Crippen LogP contribution in [-0.2, 0) is 16.1 Å². The quantitative estimate of drug-likeness (QED) is 0.330. The Hall–Kier alpha value is -3.85. The zero-order valence-electron chi connectivity index (χ0n) is 17.2. The van der Waals surface area contributed by atoms with Crippen molar-refractivity contribution in [2.24, 2.45) is 0 Å². The fourth-order valence-corrected chi connectivity index (χ4v) is 3.92. The first-order valence-corrected chi connectivity index (χ1v) is 10.8. The average Bonchev–Trinajstić information content (AvgIpc) is 3.29. The van der Waals surface area contributed by atoms with Gasteiger partial charge in [0.25, 0.3) is 5.56 Å². The number of aromatic nitrogens is 2. The van der Waals surface area contributed by atoms with Gasteiger partial charge in [-0.3, -0.25) is 19.0 Å². The summed E-state index contributed by atoms with van der Waals surface area (Å²) in [5.41, 5.74) is 1.63. The Morgan fingerprint density at radius 1 is 1.00 bits per heavy atom. The second-order valence-corrected chi connectivity index (χ2v) is 7.92. The molecule has 0 radical (unpaired) electrons. The van der Waals surface area contributed by atoms with Crippen molar-refractivity contribution < 1.29 is 14.0 Å². The second kappa shape index (κ2) is 9.52. The van der Waals surface area contributed by atoms with Crippen LogP contribution in [0.15, 0.2) is 81.3 Å². The van der Waals surface area contributed by atoms with Crippen LogP contribution in [-0.4, -0.2) is 27.1 Å². The maximum Gasteiger partial charge on any atom is 0.262 e. The molecule has 9 heteroatoms. The number of benzene rings is 2. The molecule has 2 heterocycles. The number of nitrogens with one attached hydrogen (secondary N) is 2. The summed E-state index contributed by atoms with van der Waals surface area (Å²) >= 11 is 1.18. The molecule has 4 rings (SSSR count). The molecule has 0 atom stereocenters. The van der Waals surface area contributed by atoms with Crippen LogP contribution in [0.4, 0.5) is 11.4 Å². The molecule has 0 fully saturated rings. The normalized spacial score (nSPS) is 10.8. The number of amides is 2. The van der Waals surface area contributed by atoms with Gasteiger partial charge in [0.1, 0.15) is 5.76 Å². The molecular weight excluding hydrogens is 428 g/mol. The Kier molecular flexibility index (Phi) is 6.37. The zero-order valence-corrected chi connectivity index (χ0v) is 18.0. The number of anilines is 2. The lowest BCUT2D eigenvalue weighted by Gasteiger charge is -2.12. The molecule has 0 aliphatic rings. The van der Waals surface area contributed by atoms with Gasteiger partial charge < -0.3 is 15.1 Å². The highest BCUT2D eigenvalue weighted by atomic mass is 32.2. The molecule has 0 bridgehead atoms. The molecule has 2 aromatic carbocycles. The molecule has 0 spiro atoms. The van der Waals surface area contributed by atoms with E-state index >= 15 is 0 Å². The van der Waals surface area contributed by atoms with E-state index in [1.54, 1.807) is 60.9 Å². The van der Waals surface area contributed by atoms with Crippen LogP contribution >= 0.6 is 11.8 Å². The van der Waals surface area contributed by atoms with Gasteiger partial charge in [-0.05, 0) is 48.5 Å². The number of para-hydroxylation sites is 1. The number of fused-ring (bicyclic) bond motifs is 1. The maximum absolute atomic E-state index is 13.1. The highest BCUT2D eigenvalue weighted by Gasteiger charge is 2.14. The van der Waals surface area contributed by atoms with Gasteiger partial charge in [0.05, 0.1) is 29.5 Å². The minimum Gasteiger partial charge on any atom is -0.467 e. The highest BCUT2D eigenvalue weighted by molar-refractivity contribution is 7.99. The van der Waals surface area contributed by atoms with E-state index in [-0.39, 0.29) is 29.7 Å². The smallest absolute Gasteiger partial charge is 0.262 e. The zero-order chi connectivity index (χ0) is 22.5. The number of hydrogen-bond acceptors (Lipinski definition) is 6. The predicted octanol–water partition coefficient (Wildman–Crippen LogP) is 3.73. The van der Waals surface area contributed by atoms with E-state index in [9.17, 15) is 14.4 Å². The van der Waals surface area contributed by atoms with Crippen LogP contribution in [0.25, 0.3) is 10.9 Å². The fraction of sp³-hybridized carbons (Fsp3) is 0.130. The van der Waals surface area contributed by atoms with E-state index in [1.807, 2.05) is 6.07 Å². The van der Waals surface area contributed by atoms with Crippen LogP contribution in [0.2, 0.25) is 0 Å². The van der Waals surface area contributed by atoms with Gasteiger partial charge in [0.2, 0.25) is 11.8 Å². The molecule has 32 heavy (non-hydrogen) atoms. The number of carbonyl (C=O) groups is 2. The molecular formula is C23H20N4O4S. The molecule has 2 N–H and O–H groups in total. The van der Waals surface area contributed by atoms with Gasteiger partial charge in [-0.25, -0.2) is 4.98 Å². The highest BCUT2D eigenvalue weighted by Crippen LogP contribution is 2.20. The van der Waals surface area contributed by atoms with Crippen molar-refractivity contribution in [3.8, 4) is 0 Å². The maximum atomic E-state index is 13.1. The number of rotatable bonds is 7. The minimum absolute atomic E-state index is 0.0659. The van der Waals surface area contributed by atoms with Crippen molar-refractivity contribution in [2.75, 3.05) is 16.4 Å². The third-order valence-electron chi connectivity index (χ3n) is 4.54. The predicted molar refractivity (Wildman–Crippen MR) is 124 cm³/mol. The Bertz CT molecular complexity index is 1310. The number of thioether (sulfide) groups is 1. The number of furan rings is 1. The summed E-state index contributed by atoms with van der Waals surface area (Å²) in [6, 6.07) is 17.5. The molecule has 4 aromatic rings. The molecule has 162 valence electrons.